The molecule has 0 fully saturated rings. The number of hydrogen-bond donors (Lipinski definition) is 1. The monoisotopic (exact) mass is 325 g/mol. The van der Waals surface area contributed by atoms with Crippen LogP contribution in [0.5, 0.6) is 0 Å². The number of amides is 1. The number of nitrogens with one attached hydrogen (secondary N) is 1. The van der Waals surface area contributed by atoms with E-state index in [2.05, 4.69) is 5.32 Å². The summed E-state index contributed by atoms with van der Waals surface area (Å²) in [5.41, 5.74) is 3.61. The molecule has 0 spiro atoms. The van der Waals surface area contributed by atoms with E-state index in [0.717, 1.165) is 17.5 Å². The number of hydrogen-bond acceptors (Lipinski definition) is 3. The van der Waals surface area contributed by atoms with Gasteiger partial charge < -0.3 is 10.1 Å². The van der Waals surface area contributed by atoms with Crippen molar-refractivity contribution in [1.82, 2.24) is 5.32 Å². The van der Waals surface area contributed by atoms with E-state index in [9.17, 15) is 9.59 Å². The quantitative estimate of drug-likeness (QED) is 0.628. The van der Waals surface area contributed by atoms with Gasteiger partial charge in [-0.3, -0.25) is 9.59 Å². The molecular weight excluding hydrogens is 302 g/mol. The van der Waals surface area contributed by atoms with Crippen LogP contribution in [0, 0.1) is 13.8 Å². The highest BCUT2D eigenvalue weighted by molar-refractivity contribution is 6.15. The van der Waals surface area contributed by atoms with E-state index in [1.165, 1.54) is 0 Å². The molecule has 24 heavy (non-hydrogen) atoms. The zero-order chi connectivity index (χ0) is 17.5. The van der Waals surface area contributed by atoms with Gasteiger partial charge in [-0.05, 0) is 43.5 Å². The van der Waals surface area contributed by atoms with Gasteiger partial charge in [0.2, 0.25) is 0 Å². The number of benzene rings is 2. The maximum Gasteiger partial charge on any atom is 0.252 e. The van der Waals surface area contributed by atoms with Crippen LogP contribution >= 0.6 is 0 Å². The Morgan fingerprint density at radius 3 is 2.38 bits per heavy atom. The predicted octanol–water partition coefficient (Wildman–Crippen LogP) is 3.30. The molecule has 4 heteroatoms. The topological polar surface area (TPSA) is 55.4 Å². The van der Waals surface area contributed by atoms with E-state index >= 15 is 0 Å². The third-order valence-corrected chi connectivity index (χ3v) is 4.00. The molecule has 0 saturated heterocycles. The molecule has 0 saturated carbocycles. The summed E-state index contributed by atoms with van der Waals surface area (Å²) in [6, 6.07) is 12.5. The first-order chi connectivity index (χ1) is 11.5. The molecule has 2 rings (SSSR count). The summed E-state index contributed by atoms with van der Waals surface area (Å²) in [6.45, 7) is 5.08. The number of ketones is 1. The van der Waals surface area contributed by atoms with E-state index in [4.69, 9.17) is 4.74 Å². The molecule has 0 bridgehead atoms. The van der Waals surface area contributed by atoms with Crippen LogP contribution in [0.25, 0.3) is 0 Å². The second-order valence-corrected chi connectivity index (χ2v) is 5.78. The van der Waals surface area contributed by atoms with Crippen LogP contribution in [-0.4, -0.2) is 32.0 Å². The van der Waals surface area contributed by atoms with Gasteiger partial charge in [-0.25, -0.2) is 0 Å². The van der Waals surface area contributed by atoms with Crippen molar-refractivity contribution in [3.05, 3.63) is 70.3 Å². The Bertz CT molecular complexity index is 737. The van der Waals surface area contributed by atoms with Gasteiger partial charge in [0.1, 0.15) is 0 Å². The number of rotatable bonds is 7. The van der Waals surface area contributed by atoms with Gasteiger partial charge in [0.05, 0.1) is 5.56 Å². The number of carbonyl (C=O) groups is 2. The zero-order valence-electron chi connectivity index (χ0n) is 14.4. The SMILES string of the molecule is COCCCNC(=O)c1ccccc1C(=O)c1ccc(C)c(C)c1. The Labute approximate surface area is 142 Å². The minimum Gasteiger partial charge on any atom is -0.385 e. The van der Waals surface area contributed by atoms with Crippen LogP contribution in [0.3, 0.4) is 0 Å². The van der Waals surface area contributed by atoms with Crippen LogP contribution in [0.2, 0.25) is 0 Å². The van der Waals surface area contributed by atoms with E-state index in [-0.39, 0.29) is 11.7 Å². The molecule has 4 nitrogen and oxygen atoms in total. The van der Waals surface area contributed by atoms with Gasteiger partial charge in [0.15, 0.2) is 5.78 Å². The largest absolute Gasteiger partial charge is 0.385 e. The Kier molecular flexibility index (Phi) is 6.27. The van der Waals surface area contributed by atoms with Crippen LogP contribution in [0.15, 0.2) is 42.5 Å². The lowest BCUT2D eigenvalue weighted by atomic mass is 9.95. The lowest BCUT2D eigenvalue weighted by Crippen LogP contribution is -2.27. The van der Waals surface area contributed by atoms with Crippen molar-refractivity contribution in [2.45, 2.75) is 20.3 Å². The van der Waals surface area contributed by atoms with Crippen molar-refractivity contribution in [3.63, 3.8) is 0 Å². The van der Waals surface area contributed by atoms with Crippen molar-refractivity contribution < 1.29 is 14.3 Å². The average molecular weight is 325 g/mol. The second-order valence-electron chi connectivity index (χ2n) is 5.78. The van der Waals surface area contributed by atoms with E-state index < -0.39 is 0 Å². The van der Waals surface area contributed by atoms with Gasteiger partial charge in [0.25, 0.3) is 5.91 Å². The first-order valence-electron chi connectivity index (χ1n) is 8.02. The van der Waals surface area contributed by atoms with Crippen molar-refractivity contribution in [3.8, 4) is 0 Å². The number of carbonyl (C=O) groups excluding carboxylic acids is 2. The zero-order valence-corrected chi connectivity index (χ0v) is 14.4. The molecule has 126 valence electrons. The number of ether oxygens (including phenoxy) is 1. The minimum absolute atomic E-state index is 0.138. The molecule has 2 aromatic rings. The molecule has 2 aromatic carbocycles. The molecule has 1 N–H and O–H groups in total. The van der Waals surface area contributed by atoms with Crippen molar-refractivity contribution in [2.24, 2.45) is 0 Å². The Balaban J connectivity index is 2.22. The van der Waals surface area contributed by atoms with E-state index in [0.29, 0.717) is 29.8 Å². The fourth-order valence-electron chi connectivity index (χ4n) is 2.43. The third kappa shape index (κ3) is 4.30. The molecule has 0 radical (unpaired) electrons. The summed E-state index contributed by atoms with van der Waals surface area (Å²) in [7, 11) is 1.62. The molecule has 0 aliphatic carbocycles. The van der Waals surface area contributed by atoms with Gasteiger partial charge in [0, 0.05) is 31.4 Å². The fraction of sp³-hybridized carbons (Fsp3) is 0.300. The van der Waals surface area contributed by atoms with Gasteiger partial charge >= 0.3 is 0 Å². The summed E-state index contributed by atoms with van der Waals surface area (Å²) in [5.74, 6) is -0.375. The molecule has 0 atom stereocenters. The highest BCUT2D eigenvalue weighted by Crippen LogP contribution is 2.17. The minimum atomic E-state index is -0.237. The summed E-state index contributed by atoms with van der Waals surface area (Å²) in [5, 5.41) is 2.83. The molecule has 0 aliphatic rings. The van der Waals surface area contributed by atoms with Gasteiger partial charge in [-0.1, -0.05) is 30.3 Å². The first kappa shape index (κ1) is 17.9. The van der Waals surface area contributed by atoms with Crippen LogP contribution in [-0.2, 0) is 4.74 Å². The highest BCUT2D eigenvalue weighted by atomic mass is 16.5. The van der Waals surface area contributed by atoms with E-state index in [1.807, 2.05) is 26.0 Å². The third-order valence-electron chi connectivity index (χ3n) is 4.00. The highest BCUT2D eigenvalue weighted by Gasteiger charge is 2.18. The lowest BCUT2D eigenvalue weighted by molar-refractivity contribution is 0.0937. The van der Waals surface area contributed by atoms with Crippen molar-refractivity contribution >= 4 is 11.7 Å². The van der Waals surface area contributed by atoms with Crippen LogP contribution in [0.1, 0.15) is 43.8 Å². The molecule has 0 heterocycles. The molecular formula is C20H23NO3. The summed E-state index contributed by atoms with van der Waals surface area (Å²) in [6.07, 6.45) is 0.732. The van der Waals surface area contributed by atoms with E-state index in [1.54, 1.807) is 37.4 Å². The smallest absolute Gasteiger partial charge is 0.252 e. The predicted molar refractivity (Wildman–Crippen MR) is 94.6 cm³/mol. The second kappa shape index (κ2) is 8.41. The maximum absolute atomic E-state index is 12.8. The number of methoxy groups -OCH3 is 1. The van der Waals surface area contributed by atoms with Crippen LogP contribution < -0.4 is 5.32 Å². The van der Waals surface area contributed by atoms with Gasteiger partial charge in [-0.2, -0.15) is 0 Å². The Hall–Kier alpha value is -2.46. The Morgan fingerprint density at radius 2 is 1.71 bits per heavy atom. The normalized spacial score (nSPS) is 10.5. The average Bonchev–Trinajstić information content (AvgIpc) is 2.60. The maximum atomic E-state index is 12.8. The lowest BCUT2D eigenvalue weighted by Gasteiger charge is -2.10. The molecule has 0 aliphatic heterocycles. The first-order valence-corrected chi connectivity index (χ1v) is 8.02. The summed E-state index contributed by atoms with van der Waals surface area (Å²) < 4.78 is 4.96. The van der Waals surface area contributed by atoms with Crippen LogP contribution in [0.4, 0.5) is 0 Å². The van der Waals surface area contributed by atoms with Crippen molar-refractivity contribution in [1.29, 1.82) is 0 Å². The molecule has 0 unspecified atom stereocenters. The molecule has 1 amide bonds. The van der Waals surface area contributed by atoms with Gasteiger partial charge in [-0.15, -0.1) is 0 Å². The summed E-state index contributed by atoms with van der Waals surface area (Å²) in [4.78, 5) is 25.2. The summed E-state index contributed by atoms with van der Waals surface area (Å²) >= 11 is 0. The Morgan fingerprint density at radius 1 is 1.00 bits per heavy atom. The number of aryl methyl sites for hydroxylation is 2. The fourth-order valence-corrected chi connectivity index (χ4v) is 2.43. The standard InChI is InChI=1S/C20H23NO3/c1-14-9-10-16(13-15(14)2)19(22)17-7-4-5-8-18(17)20(23)21-11-6-12-24-3/h4-5,7-10,13H,6,11-12H2,1-3H3,(H,21,23). The molecule has 0 aromatic heterocycles. The van der Waals surface area contributed by atoms with Crippen molar-refractivity contribution in [2.75, 3.05) is 20.3 Å².